The number of benzene rings is 2. The van der Waals surface area contributed by atoms with Crippen LogP contribution in [0.2, 0.25) is 0 Å². The van der Waals surface area contributed by atoms with Crippen molar-refractivity contribution in [2.75, 3.05) is 28.2 Å². The van der Waals surface area contributed by atoms with Crippen LogP contribution in [0.1, 0.15) is 12.5 Å². The third kappa shape index (κ3) is 5.18. The first-order chi connectivity index (χ1) is 13.1. The number of nitrogens with one attached hydrogen (secondary N) is 3. The van der Waals surface area contributed by atoms with E-state index in [2.05, 4.69) is 38.1 Å². The number of amides is 1. The molecule has 0 aliphatic rings. The summed E-state index contributed by atoms with van der Waals surface area (Å²) in [5.41, 5.74) is 9.44. The molecule has 0 spiro atoms. The molecular formula is C20H22N6O. The second kappa shape index (κ2) is 8.66. The summed E-state index contributed by atoms with van der Waals surface area (Å²) in [5, 5.41) is 9.15. The third-order valence-electron chi connectivity index (χ3n) is 3.90. The number of nitrogen functional groups attached to an aromatic ring is 1. The van der Waals surface area contributed by atoms with E-state index in [1.165, 1.54) is 18.8 Å². The van der Waals surface area contributed by atoms with Crippen molar-refractivity contribution in [3.8, 4) is 0 Å². The predicted molar refractivity (Wildman–Crippen MR) is 109 cm³/mol. The van der Waals surface area contributed by atoms with Gasteiger partial charge in [-0.1, -0.05) is 30.3 Å². The minimum Gasteiger partial charge on any atom is -0.393 e. The van der Waals surface area contributed by atoms with E-state index in [1.807, 2.05) is 30.3 Å². The second-order valence-corrected chi connectivity index (χ2v) is 6.03. The molecule has 0 unspecified atom stereocenters. The van der Waals surface area contributed by atoms with Crippen molar-refractivity contribution in [3.05, 3.63) is 66.5 Å². The Morgan fingerprint density at radius 3 is 2.33 bits per heavy atom. The molecule has 0 bridgehead atoms. The summed E-state index contributed by atoms with van der Waals surface area (Å²) in [6, 6.07) is 17.5. The molecule has 2 aromatic carbocycles. The number of carbonyl (C=O) groups excluding carboxylic acids is 1. The van der Waals surface area contributed by atoms with Crippen molar-refractivity contribution in [3.63, 3.8) is 0 Å². The highest BCUT2D eigenvalue weighted by Gasteiger charge is 2.08. The van der Waals surface area contributed by atoms with Crippen molar-refractivity contribution >= 4 is 34.6 Å². The lowest BCUT2D eigenvalue weighted by Crippen LogP contribution is -2.10. The maximum absolute atomic E-state index is 11.1. The van der Waals surface area contributed by atoms with Crippen LogP contribution in [0.4, 0.5) is 28.7 Å². The number of hydrogen-bond acceptors (Lipinski definition) is 6. The molecule has 0 saturated carbocycles. The highest BCUT2D eigenvalue weighted by atomic mass is 16.1. The Balaban J connectivity index is 1.63. The second-order valence-electron chi connectivity index (χ2n) is 6.03. The lowest BCUT2D eigenvalue weighted by atomic mass is 10.1. The Bertz CT molecular complexity index is 896. The minimum absolute atomic E-state index is 0.109. The standard InChI is InChI=1S/C20H22N6O/c1-14(27)25-16-7-9-17(10-8-16)26-20-18(21)19(23-13-24-20)22-12-11-15-5-3-2-4-6-15/h2-10,13H,11-12,21H2,1H3,(H,25,27)(H2,22,23,24,26). The summed E-state index contributed by atoms with van der Waals surface area (Å²) < 4.78 is 0. The quantitative estimate of drug-likeness (QED) is 0.513. The van der Waals surface area contributed by atoms with Gasteiger partial charge in [-0.25, -0.2) is 9.97 Å². The average Bonchev–Trinajstić information content (AvgIpc) is 2.67. The number of nitrogens with zero attached hydrogens (tertiary/aromatic N) is 2. The predicted octanol–water partition coefficient (Wildman–Crippen LogP) is 3.42. The number of carbonyl (C=O) groups is 1. The molecule has 1 heterocycles. The van der Waals surface area contributed by atoms with Crippen LogP contribution in [0.5, 0.6) is 0 Å². The monoisotopic (exact) mass is 362 g/mol. The maximum Gasteiger partial charge on any atom is 0.221 e. The van der Waals surface area contributed by atoms with E-state index in [0.29, 0.717) is 17.3 Å². The number of nitrogens with two attached hydrogens (primary N) is 1. The van der Waals surface area contributed by atoms with Crippen LogP contribution in [0, 0.1) is 0 Å². The summed E-state index contributed by atoms with van der Waals surface area (Å²) in [7, 11) is 0. The largest absolute Gasteiger partial charge is 0.393 e. The van der Waals surface area contributed by atoms with Crippen LogP contribution in [0.25, 0.3) is 0 Å². The first-order valence-corrected chi connectivity index (χ1v) is 8.65. The van der Waals surface area contributed by atoms with Gasteiger partial charge in [0, 0.05) is 24.8 Å². The Kier molecular flexibility index (Phi) is 5.84. The zero-order valence-corrected chi connectivity index (χ0v) is 15.1. The summed E-state index contributed by atoms with van der Waals surface area (Å²) in [6.45, 7) is 2.19. The molecule has 0 aliphatic heterocycles. The molecule has 3 aromatic rings. The summed E-state index contributed by atoms with van der Waals surface area (Å²) >= 11 is 0. The molecular weight excluding hydrogens is 340 g/mol. The highest BCUT2D eigenvalue weighted by molar-refractivity contribution is 5.89. The van der Waals surface area contributed by atoms with Gasteiger partial charge in [-0.05, 0) is 36.2 Å². The molecule has 0 radical (unpaired) electrons. The van der Waals surface area contributed by atoms with Crippen LogP contribution < -0.4 is 21.7 Å². The molecule has 0 aliphatic carbocycles. The lowest BCUT2D eigenvalue weighted by molar-refractivity contribution is -0.114. The Hall–Kier alpha value is -3.61. The van der Waals surface area contributed by atoms with E-state index in [1.54, 1.807) is 12.1 Å². The first-order valence-electron chi connectivity index (χ1n) is 8.65. The molecule has 7 heteroatoms. The lowest BCUT2D eigenvalue weighted by Gasteiger charge is -2.13. The van der Waals surface area contributed by atoms with E-state index in [0.717, 1.165) is 24.3 Å². The average molecular weight is 362 g/mol. The van der Waals surface area contributed by atoms with Gasteiger partial charge in [-0.3, -0.25) is 4.79 Å². The zero-order chi connectivity index (χ0) is 19.1. The van der Waals surface area contributed by atoms with Crippen molar-refractivity contribution in [2.24, 2.45) is 0 Å². The van der Waals surface area contributed by atoms with E-state index in [9.17, 15) is 4.79 Å². The van der Waals surface area contributed by atoms with Gasteiger partial charge >= 0.3 is 0 Å². The van der Waals surface area contributed by atoms with Crippen LogP contribution in [-0.4, -0.2) is 22.4 Å². The molecule has 5 N–H and O–H groups in total. The smallest absolute Gasteiger partial charge is 0.221 e. The van der Waals surface area contributed by atoms with Crippen LogP contribution in [0.3, 0.4) is 0 Å². The zero-order valence-electron chi connectivity index (χ0n) is 15.1. The Labute approximate surface area is 158 Å². The highest BCUT2D eigenvalue weighted by Crippen LogP contribution is 2.26. The minimum atomic E-state index is -0.109. The van der Waals surface area contributed by atoms with E-state index >= 15 is 0 Å². The molecule has 0 atom stereocenters. The van der Waals surface area contributed by atoms with Gasteiger partial charge in [0.05, 0.1) is 0 Å². The molecule has 1 amide bonds. The SMILES string of the molecule is CC(=O)Nc1ccc(Nc2ncnc(NCCc3ccccc3)c2N)cc1. The van der Waals surface area contributed by atoms with E-state index in [4.69, 9.17) is 5.73 Å². The normalized spacial score (nSPS) is 10.3. The molecule has 1 aromatic heterocycles. The van der Waals surface area contributed by atoms with Gasteiger partial charge in [0.2, 0.25) is 5.91 Å². The fraction of sp³-hybridized carbons (Fsp3) is 0.150. The molecule has 3 rings (SSSR count). The van der Waals surface area contributed by atoms with Crippen LogP contribution in [0.15, 0.2) is 60.9 Å². The molecule has 0 fully saturated rings. The number of aromatic nitrogens is 2. The first kappa shape index (κ1) is 18.2. The molecule has 27 heavy (non-hydrogen) atoms. The van der Waals surface area contributed by atoms with Crippen molar-refractivity contribution in [2.45, 2.75) is 13.3 Å². The van der Waals surface area contributed by atoms with Gasteiger partial charge in [-0.2, -0.15) is 0 Å². The molecule has 138 valence electrons. The topological polar surface area (TPSA) is 105 Å². The van der Waals surface area contributed by atoms with Gasteiger partial charge in [0.15, 0.2) is 11.6 Å². The van der Waals surface area contributed by atoms with E-state index < -0.39 is 0 Å². The van der Waals surface area contributed by atoms with Gasteiger partial charge < -0.3 is 21.7 Å². The Morgan fingerprint density at radius 1 is 0.963 bits per heavy atom. The fourth-order valence-corrected chi connectivity index (χ4v) is 2.58. The number of rotatable bonds is 7. The van der Waals surface area contributed by atoms with E-state index in [-0.39, 0.29) is 5.91 Å². The number of anilines is 5. The van der Waals surface area contributed by atoms with Gasteiger partial charge in [0.1, 0.15) is 12.0 Å². The van der Waals surface area contributed by atoms with Crippen molar-refractivity contribution in [1.29, 1.82) is 0 Å². The van der Waals surface area contributed by atoms with Gasteiger partial charge in [-0.15, -0.1) is 0 Å². The summed E-state index contributed by atoms with van der Waals surface area (Å²) in [4.78, 5) is 19.5. The fourth-order valence-electron chi connectivity index (χ4n) is 2.58. The summed E-state index contributed by atoms with van der Waals surface area (Å²) in [5.74, 6) is 1.01. The van der Waals surface area contributed by atoms with Crippen molar-refractivity contribution in [1.82, 2.24) is 9.97 Å². The van der Waals surface area contributed by atoms with Crippen LogP contribution in [-0.2, 0) is 11.2 Å². The van der Waals surface area contributed by atoms with Crippen LogP contribution >= 0.6 is 0 Å². The Morgan fingerprint density at radius 2 is 1.63 bits per heavy atom. The third-order valence-corrected chi connectivity index (χ3v) is 3.90. The molecule has 7 nitrogen and oxygen atoms in total. The maximum atomic E-state index is 11.1. The van der Waals surface area contributed by atoms with Gasteiger partial charge in [0.25, 0.3) is 0 Å². The van der Waals surface area contributed by atoms with Crippen molar-refractivity contribution < 1.29 is 4.79 Å². The number of hydrogen-bond donors (Lipinski definition) is 4. The molecule has 0 saturated heterocycles. The summed E-state index contributed by atoms with van der Waals surface area (Å²) in [6.07, 6.45) is 2.34.